The lowest BCUT2D eigenvalue weighted by atomic mass is 9.97. The Hall–Kier alpha value is -1.29. The number of aliphatic hydroxyl groups is 1. The first-order valence-corrected chi connectivity index (χ1v) is 6.79. The van der Waals surface area contributed by atoms with Crippen molar-refractivity contribution in [3.05, 3.63) is 18.3 Å². The zero-order valence-electron chi connectivity index (χ0n) is 11.7. The van der Waals surface area contributed by atoms with E-state index in [0.29, 0.717) is 6.54 Å². The zero-order chi connectivity index (χ0) is 13.4. The van der Waals surface area contributed by atoms with Gasteiger partial charge in [0.25, 0.3) is 0 Å². The minimum absolute atomic E-state index is 0.567. The van der Waals surface area contributed by atoms with Crippen LogP contribution in [0.4, 0.5) is 11.5 Å². The molecule has 0 aliphatic heterocycles. The van der Waals surface area contributed by atoms with Crippen LogP contribution in [0.15, 0.2) is 18.3 Å². The molecule has 4 heteroatoms. The number of nitrogens with one attached hydrogen (secondary N) is 2. The number of anilines is 2. The molecule has 0 bridgehead atoms. The van der Waals surface area contributed by atoms with Gasteiger partial charge in [-0.25, -0.2) is 4.98 Å². The topological polar surface area (TPSA) is 57.2 Å². The van der Waals surface area contributed by atoms with Gasteiger partial charge in [-0.1, -0.05) is 20.8 Å². The SMILES string of the molecule is CCCNc1cc(NCC(O)(CC)CC)ccn1. The molecule has 0 fully saturated rings. The Labute approximate surface area is 110 Å². The minimum atomic E-state index is -0.625. The van der Waals surface area contributed by atoms with Crippen molar-refractivity contribution in [1.82, 2.24) is 4.98 Å². The molecule has 0 spiro atoms. The molecule has 0 amide bonds. The first-order valence-electron chi connectivity index (χ1n) is 6.79. The quantitative estimate of drug-likeness (QED) is 0.665. The van der Waals surface area contributed by atoms with E-state index < -0.39 is 5.60 Å². The molecule has 1 rings (SSSR count). The van der Waals surface area contributed by atoms with E-state index in [-0.39, 0.29) is 0 Å². The van der Waals surface area contributed by atoms with Gasteiger partial charge in [0.05, 0.1) is 5.60 Å². The van der Waals surface area contributed by atoms with Gasteiger partial charge in [0, 0.05) is 31.0 Å². The maximum Gasteiger partial charge on any atom is 0.127 e. The van der Waals surface area contributed by atoms with Gasteiger partial charge in [-0.15, -0.1) is 0 Å². The Kier molecular flexibility index (Phi) is 5.92. The smallest absolute Gasteiger partial charge is 0.127 e. The van der Waals surface area contributed by atoms with E-state index >= 15 is 0 Å². The van der Waals surface area contributed by atoms with Crippen LogP contribution in [-0.4, -0.2) is 28.8 Å². The lowest BCUT2D eigenvalue weighted by Crippen LogP contribution is -2.35. The van der Waals surface area contributed by atoms with Gasteiger partial charge in [-0.2, -0.15) is 0 Å². The minimum Gasteiger partial charge on any atom is -0.388 e. The molecule has 0 radical (unpaired) electrons. The van der Waals surface area contributed by atoms with Crippen LogP contribution in [-0.2, 0) is 0 Å². The maximum absolute atomic E-state index is 10.2. The van der Waals surface area contributed by atoms with E-state index in [0.717, 1.165) is 37.3 Å². The van der Waals surface area contributed by atoms with Crippen molar-refractivity contribution in [1.29, 1.82) is 0 Å². The second-order valence-corrected chi connectivity index (χ2v) is 4.64. The molecule has 4 nitrogen and oxygen atoms in total. The highest BCUT2D eigenvalue weighted by Crippen LogP contribution is 2.17. The van der Waals surface area contributed by atoms with E-state index in [9.17, 15) is 5.11 Å². The van der Waals surface area contributed by atoms with Crippen LogP contribution in [0.3, 0.4) is 0 Å². The summed E-state index contributed by atoms with van der Waals surface area (Å²) in [6.45, 7) is 7.62. The monoisotopic (exact) mass is 251 g/mol. The van der Waals surface area contributed by atoms with Crippen LogP contribution >= 0.6 is 0 Å². The van der Waals surface area contributed by atoms with Crippen LogP contribution in [0.25, 0.3) is 0 Å². The molecular weight excluding hydrogens is 226 g/mol. The molecule has 0 saturated heterocycles. The largest absolute Gasteiger partial charge is 0.388 e. The third-order valence-corrected chi connectivity index (χ3v) is 3.25. The molecule has 18 heavy (non-hydrogen) atoms. The highest BCUT2D eigenvalue weighted by molar-refractivity contribution is 5.51. The van der Waals surface area contributed by atoms with E-state index in [1.165, 1.54) is 0 Å². The highest BCUT2D eigenvalue weighted by Gasteiger charge is 2.21. The fraction of sp³-hybridized carbons (Fsp3) is 0.643. The fourth-order valence-corrected chi connectivity index (χ4v) is 1.66. The summed E-state index contributed by atoms with van der Waals surface area (Å²) >= 11 is 0. The Bertz CT molecular complexity index is 351. The fourth-order valence-electron chi connectivity index (χ4n) is 1.66. The van der Waals surface area contributed by atoms with Gasteiger partial charge in [0.1, 0.15) is 5.82 Å². The van der Waals surface area contributed by atoms with Crippen molar-refractivity contribution in [3.8, 4) is 0 Å². The van der Waals surface area contributed by atoms with Gasteiger partial charge in [0.2, 0.25) is 0 Å². The molecule has 102 valence electrons. The van der Waals surface area contributed by atoms with Crippen LogP contribution in [0.2, 0.25) is 0 Å². The van der Waals surface area contributed by atoms with Gasteiger partial charge in [-0.05, 0) is 25.3 Å². The second kappa shape index (κ2) is 7.21. The van der Waals surface area contributed by atoms with Crippen molar-refractivity contribution >= 4 is 11.5 Å². The lowest BCUT2D eigenvalue weighted by molar-refractivity contribution is 0.0457. The average molecular weight is 251 g/mol. The summed E-state index contributed by atoms with van der Waals surface area (Å²) in [4.78, 5) is 4.25. The molecular formula is C14H25N3O. The third kappa shape index (κ3) is 4.53. The van der Waals surface area contributed by atoms with Crippen molar-refractivity contribution < 1.29 is 5.11 Å². The Morgan fingerprint density at radius 1 is 1.22 bits per heavy atom. The molecule has 0 aliphatic rings. The Balaban J connectivity index is 2.56. The molecule has 0 aliphatic carbocycles. The molecule has 3 N–H and O–H groups in total. The van der Waals surface area contributed by atoms with E-state index in [2.05, 4.69) is 22.5 Å². The van der Waals surface area contributed by atoms with Crippen molar-refractivity contribution in [2.24, 2.45) is 0 Å². The zero-order valence-corrected chi connectivity index (χ0v) is 11.7. The summed E-state index contributed by atoms with van der Waals surface area (Å²) in [5, 5.41) is 16.7. The maximum atomic E-state index is 10.2. The third-order valence-electron chi connectivity index (χ3n) is 3.25. The number of rotatable bonds is 8. The molecule has 0 saturated carbocycles. The van der Waals surface area contributed by atoms with E-state index in [4.69, 9.17) is 0 Å². The molecule has 0 atom stereocenters. The number of aromatic nitrogens is 1. The number of pyridine rings is 1. The Morgan fingerprint density at radius 2 is 1.94 bits per heavy atom. The van der Waals surface area contributed by atoms with Crippen LogP contribution in [0, 0.1) is 0 Å². The van der Waals surface area contributed by atoms with Gasteiger partial charge < -0.3 is 15.7 Å². The number of hydrogen-bond donors (Lipinski definition) is 3. The first-order chi connectivity index (χ1) is 8.63. The van der Waals surface area contributed by atoms with Crippen LogP contribution in [0.1, 0.15) is 40.0 Å². The summed E-state index contributed by atoms with van der Waals surface area (Å²) in [6, 6.07) is 3.89. The summed E-state index contributed by atoms with van der Waals surface area (Å²) in [7, 11) is 0. The first kappa shape index (κ1) is 14.8. The Morgan fingerprint density at radius 3 is 2.56 bits per heavy atom. The van der Waals surface area contributed by atoms with Crippen molar-refractivity contribution in [2.45, 2.75) is 45.6 Å². The molecule has 1 aromatic heterocycles. The molecule has 0 aromatic carbocycles. The molecule has 0 unspecified atom stereocenters. The van der Waals surface area contributed by atoms with E-state index in [1.807, 2.05) is 26.0 Å². The van der Waals surface area contributed by atoms with Gasteiger partial charge >= 0.3 is 0 Å². The van der Waals surface area contributed by atoms with Gasteiger partial charge in [-0.3, -0.25) is 0 Å². The second-order valence-electron chi connectivity index (χ2n) is 4.64. The summed E-state index contributed by atoms with van der Waals surface area (Å²) in [5.74, 6) is 0.874. The summed E-state index contributed by atoms with van der Waals surface area (Å²) in [5.41, 5.74) is 0.365. The van der Waals surface area contributed by atoms with Crippen molar-refractivity contribution in [3.63, 3.8) is 0 Å². The molecule has 1 aromatic rings. The van der Waals surface area contributed by atoms with Crippen molar-refractivity contribution in [2.75, 3.05) is 23.7 Å². The normalized spacial score (nSPS) is 11.3. The predicted molar refractivity (Wildman–Crippen MR) is 77.0 cm³/mol. The van der Waals surface area contributed by atoms with Crippen LogP contribution < -0.4 is 10.6 Å². The standard InChI is InChI=1S/C14H25N3O/c1-4-8-15-13-10-12(7-9-16-13)17-11-14(18,5-2)6-3/h7,9-10,18H,4-6,8,11H2,1-3H3,(H2,15,16,17). The van der Waals surface area contributed by atoms with Crippen LogP contribution in [0.5, 0.6) is 0 Å². The van der Waals surface area contributed by atoms with E-state index in [1.54, 1.807) is 6.20 Å². The predicted octanol–water partition coefficient (Wildman–Crippen LogP) is 2.87. The highest BCUT2D eigenvalue weighted by atomic mass is 16.3. The average Bonchev–Trinajstić information content (AvgIpc) is 2.43. The number of hydrogen-bond acceptors (Lipinski definition) is 4. The summed E-state index contributed by atoms with van der Waals surface area (Å²) < 4.78 is 0. The molecule has 1 heterocycles. The van der Waals surface area contributed by atoms with Gasteiger partial charge in [0.15, 0.2) is 0 Å². The number of nitrogens with zero attached hydrogens (tertiary/aromatic N) is 1. The lowest BCUT2D eigenvalue weighted by Gasteiger charge is -2.26. The summed E-state index contributed by atoms with van der Waals surface area (Å²) in [6.07, 6.45) is 4.35.